The molecular formula is C37H30Cl2O5P2Pt. The van der Waals surface area contributed by atoms with Gasteiger partial charge in [0.05, 0.1) is 0 Å². The molecule has 6 aromatic rings. The molecule has 0 heterocycles. The van der Waals surface area contributed by atoms with Crippen LogP contribution in [0.5, 0.6) is 0 Å². The monoisotopic (exact) mass is 881 g/mol. The fourth-order valence-corrected chi connectivity index (χ4v) is 8.97. The van der Waals surface area contributed by atoms with E-state index in [1.807, 2.05) is 0 Å². The molecule has 6 aromatic carbocycles. The molecule has 0 aliphatic rings. The fourth-order valence-electron chi connectivity index (χ4n) is 4.36. The van der Waals surface area contributed by atoms with Gasteiger partial charge >= 0.3 is 39.5 Å². The molecule has 0 aromatic heterocycles. The van der Waals surface area contributed by atoms with E-state index in [1.165, 1.54) is 31.8 Å². The average Bonchev–Trinajstić information content (AvgIpc) is 3.13. The van der Waals surface area contributed by atoms with Crippen LogP contribution < -0.4 is 50.5 Å². The second-order valence-electron chi connectivity index (χ2n) is 9.06. The Morgan fingerprint density at radius 3 is 0.574 bits per heavy atom. The summed E-state index contributed by atoms with van der Waals surface area (Å²) in [4.78, 5) is 0. The predicted octanol–water partition coefficient (Wildman–Crippen LogP) is 2.78. The van der Waals surface area contributed by atoms with Gasteiger partial charge in [-0.15, -0.1) is 10.2 Å². The van der Waals surface area contributed by atoms with E-state index >= 15 is 0 Å². The van der Waals surface area contributed by atoms with E-state index in [4.69, 9.17) is 23.3 Å². The molecule has 0 spiro atoms. The van der Waals surface area contributed by atoms with Crippen molar-refractivity contribution in [3.8, 4) is 0 Å². The first-order valence-corrected chi connectivity index (χ1v) is 20.5. The van der Waals surface area contributed by atoms with Crippen LogP contribution in [0.3, 0.4) is 0 Å². The van der Waals surface area contributed by atoms with Crippen molar-refractivity contribution in [1.29, 1.82) is 0 Å². The van der Waals surface area contributed by atoms with Crippen LogP contribution in [0, 0.1) is 16.9 Å². The van der Waals surface area contributed by atoms with Crippen LogP contribution in [0.2, 0.25) is 0 Å². The van der Waals surface area contributed by atoms with Crippen molar-refractivity contribution in [3.63, 3.8) is 0 Å². The molecule has 0 atom stereocenters. The average molecular weight is 883 g/mol. The third-order valence-corrected chi connectivity index (χ3v) is 11.0. The van der Waals surface area contributed by atoms with E-state index in [-0.39, 0.29) is 0 Å². The molecule has 0 aliphatic carbocycles. The van der Waals surface area contributed by atoms with Crippen LogP contribution in [-0.4, -0.2) is 0 Å². The zero-order valence-corrected chi connectivity index (χ0v) is 30.4. The van der Waals surface area contributed by atoms with E-state index < -0.39 is 26.1 Å². The second-order valence-corrected chi connectivity index (χ2v) is 14.3. The molecule has 242 valence electrons. The van der Waals surface area contributed by atoms with E-state index in [0.717, 1.165) is 0 Å². The Morgan fingerprint density at radius 2 is 0.468 bits per heavy atom. The Balaban J connectivity index is 0.000000262. The Labute approximate surface area is 296 Å². The molecule has 5 nitrogen and oxygen atoms in total. The summed E-state index contributed by atoms with van der Waals surface area (Å²) in [6.07, 6.45) is 0. The third kappa shape index (κ3) is 15.2. The molecule has 0 fully saturated rings. The molecule has 6 rings (SSSR count). The smallest absolute Gasteiger partial charge is 0.0134 e. The van der Waals surface area contributed by atoms with Crippen molar-refractivity contribution in [2.75, 3.05) is 0 Å². The zero-order valence-electron chi connectivity index (χ0n) is 24.8. The predicted molar refractivity (Wildman–Crippen MR) is 180 cm³/mol. The molecule has 0 unspecified atom stereocenters. The third-order valence-electron chi connectivity index (χ3n) is 6.09. The number of hydrogen-bond donors (Lipinski definition) is 0. The molecule has 0 bridgehead atoms. The van der Waals surface area contributed by atoms with Crippen molar-refractivity contribution >= 4 is 57.1 Å². The summed E-state index contributed by atoms with van der Waals surface area (Å²) >= 11 is 1.61. The van der Waals surface area contributed by atoms with Gasteiger partial charge in [0.15, 0.2) is 0 Å². The second kappa shape index (κ2) is 23.4. The number of hydrogen-bond acceptors (Lipinski definition) is 4. The van der Waals surface area contributed by atoms with Gasteiger partial charge in [0, 0.05) is 0 Å². The molecule has 0 aliphatic heterocycles. The van der Waals surface area contributed by atoms with Crippen molar-refractivity contribution in [2.45, 2.75) is 0 Å². The molecule has 0 amide bonds. The molecule has 10 heteroatoms. The largest absolute Gasteiger partial charge is 0.222 e. The summed E-state index contributed by atoms with van der Waals surface area (Å²) in [6.45, 7) is 4.50. The minimum atomic E-state index is -4.94. The Morgan fingerprint density at radius 1 is 0.362 bits per heavy atom. The van der Waals surface area contributed by atoms with E-state index in [1.54, 1.807) is 18.8 Å². The van der Waals surface area contributed by atoms with Crippen LogP contribution >= 0.6 is 25.3 Å². The van der Waals surface area contributed by atoms with Gasteiger partial charge in [-0.05, 0) is 47.7 Å². The summed E-state index contributed by atoms with van der Waals surface area (Å²) in [5.41, 5.74) is 0. The SMILES string of the molecule is [C-]#[O+].[Cl][Pt+].[O-][Cl+3]([O-])([O-])[O-].c1ccc(P(c2ccccc2)c2ccccc2)cc1.c1ccc(P(c2ccccc2)c2ccccc2)cc1. The Kier molecular flexibility index (Phi) is 20.0. The summed E-state index contributed by atoms with van der Waals surface area (Å²) in [5.74, 6) is 0. The minimum Gasteiger partial charge on any atom is -0.222 e. The maximum atomic E-state index is 8.49. The standard InChI is InChI=1S/2C18H15P.CO.ClHO4.ClH.Pt/c2*1-4-10-16(11-5-1)19(17-12-6-2-7-13-17)18-14-8-3-9-15-18;1-2;2-1(3,4)5;;/h2*1-15H;;(H,2,3,4,5);1H;/q;;;;;+2/p-2. The topological polar surface area (TPSA) is 112 Å². The maximum absolute atomic E-state index is 8.49. The van der Waals surface area contributed by atoms with Gasteiger partial charge in [-0.3, -0.25) is 0 Å². The first-order valence-electron chi connectivity index (χ1n) is 13.7. The molecule has 0 saturated carbocycles. The van der Waals surface area contributed by atoms with Gasteiger partial charge < -0.3 is 0 Å². The van der Waals surface area contributed by atoms with Crippen molar-refractivity contribution in [1.82, 2.24) is 0 Å². The molecular weight excluding hydrogens is 852 g/mol. The summed E-state index contributed by atoms with van der Waals surface area (Å²) < 4.78 is 41.5. The van der Waals surface area contributed by atoms with Crippen molar-refractivity contribution in [3.05, 3.63) is 189 Å². The van der Waals surface area contributed by atoms with Gasteiger partial charge in [0.1, 0.15) is 0 Å². The summed E-state index contributed by atoms with van der Waals surface area (Å²) in [7, 11) is -1.23. The van der Waals surface area contributed by atoms with E-state index in [9.17, 15) is 0 Å². The first kappa shape index (κ1) is 40.2. The summed E-state index contributed by atoms with van der Waals surface area (Å²) in [6, 6.07) is 64.7. The fraction of sp³-hybridized carbons (Fsp3) is 0. The number of halogens is 2. The quantitative estimate of drug-likeness (QED) is 0.146. The Bertz CT molecular complexity index is 1340. The Hall–Kier alpha value is -2.97. The van der Waals surface area contributed by atoms with Crippen LogP contribution in [0.25, 0.3) is 0 Å². The zero-order chi connectivity index (χ0) is 34.3. The van der Waals surface area contributed by atoms with Crippen LogP contribution in [0.4, 0.5) is 0 Å². The van der Waals surface area contributed by atoms with Gasteiger partial charge in [-0.2, -0.15) is 0 Å². The van der Waals surface area contributed by atoms with Gasteiger partial charge in [-0.25, -0.2) is 18.6 Å². The normalized spacial score (nSPS) is 10.0. The van der Waals surface area contributed by atoms with E-state index in [0.29, 0.717) is 0 Å². The van der Waals surface area contributed by atoms with Gasteiger partial charge in [0.25, 0.3) is 0 Å². The van der Waals surface area contributed by atoms with Gasteiger partial charge in [-0.1, -0.05) is 182 Å². The van der Waals surface area contributed by atoms with Crippen LogP contribution in [0.15, 0.2) is 182 Å². The maximum Gasteiger partial charge on any atom is -0.0134 e. The van der Waals surface area contributed by atoms with Gasteiger partial charge in [0.2, 0.25) is 0 Å². The molecule has 0 N–H and O–H groups in total. The first-order chi connectivity index (χ1) is 22.9. The number of benzene rings is 6. The van der Waals surface area contributed by atoms with Crippen LogP contribution in [0.1, 0.15) is 0 Å². The van der Waals surface area contributed by atoms with Crippen molar-refractivity contribution < 1.29 is 52.3 Å². The molecule has 47 heavy (non-hydrogen) atoms. The molecule has 0 saturated heterocycles. The minimum absolute atomic E-state index is 0.446. The van der Waals surface area contributed by atoms with E-state index in [2.05, 4.69) is 198 Å². The summed E-state index contributed by atoms with van der Waals surface area (Å²) in [5, 5.41) is 8.39. The van der Waals surface area contributed by atoms with Crippen LogP contribution in [-0.2, 0) is 23.4 Å². The number of rotatable bonds is 6. The van der Waals surface area contributed by atoms with Crippen molar-refractivity contribution in [2.24, 2.45) is 0 Å². The molecule has 0 radical (unpaired) electrons.